The van der Waals surface area contributed by atoms with Crippen LogP contribution >= 0.6 is 12.2 Å². The normalized spacial score (nSPS) is 10.2. The maximum absolute atomic E-state index is 10.4. The van der Waals surface area contributed by atoms with Gasteiger partial charge in [-0.3, -0.25) is 0 Å². The molecule has 0 bridgehead atoms. The van der Waals surface area contributed by atoms with Crippen molar-refractivity contribution < 1.29 is 17.3 Å². The lowest BCUT2D eigenvalue weighted by Crippen LogP contribution is -2.02. The smallest absolute Gasteiger partial charge is 0.673 e. The number of pyridine rings is 1. The van der Waals surface area contributed by atoms with Gasteiger partial charge in [0, 0.05) is 0 Å². The first-order valence-electron chi connectivity index (χ1n) is 3.03. The predicted octanol–water partition coefficient (Wildman–Crippen LogP) is 2.86. The fraction of sp³-hybridized carbons (Fsp3) is 0. The molecular formula is C5H4BF4NOS-2. The van der Waals surface area contributed by atoms with Gasteiger partial charge in [-0.2, -0.15) is 0 Å². The second-order valence-corrected chi connectivity index (χ2v) is 2.28. The first-order chi connectivity index (χ1) is 5.80. The molecule has 0 saturated heterocycles. The highest BCUT2D eigenvalue weighted by Crippen LogP contribution is 2.06. The molecule has 8 heteroatoms. The summed E-state index contributed by atoms with van der Waals surface area (Å²) in [5.41, 5.74) is 0. The number of rotatable bonds is 0. The molecule has 0 amide bonds. The van der Waals surface area contributed by atoms with Crippen molar-refractivity contribution in [3.05, 3.63) is 34.2 Å². The number of nitrogens with zero attached hydrogens (tertiary/aromatic N) is 1. The molecule has 1 aromatic rings. The van der Waals surface area contributed by atoms with Crippen LogP contribution in [0.1, 0.15) is 0 Å². The third-order valence-corrected chi connectivity index (χ3v) is 1.10. The minimum absolute atomic E-state index is 0.313. The molecule has 0 unspecified atom stereocenters. The van der Waals surface area contributed by atoms with Crippen LogP contribution in [0.2, 0.25) is 0 Å². The van der Waals surface area contributed by atoms with Gasteiger partial charge < -0.3 is 27.2 Å². The van der Waals surface area contributed by atoms with Gasteiger partial charge in [0.25, 0.3) is 0 Å². The largest absolute Gasteiger partial charge is 0.805 e. The van der Waals surface area contributed by atoms with Gasteiger partial charge in [-0.05, 0) is 18.3 Å². The van der Waals surface area contributed by atoms with Crippen molar-refractivity contribution in [1.29, 1.82) is 0 Å². The lowest BCUT2D eigenvalue weighted by molar-refractivity contribution is 0.368. The summed E-state index contributed by atoms with van der Waals surface area (Å²) in [5, 5.41) is 10.4. The minimum atomic E-state index is -6.00. The first kappa shape index (κ1) is 12.0. The maximum atomic E-state index is 10.4. The third kappa shape index (κ3) is 8.86. The second-order valence-electron chi connectivity index (χ2n) is 1.86. The molecule has 1 rings (SSSR count). The maximum Gasteiger partial charge on any atom is 0.673 e. The zero-order valence-electron chi connectivity index (χ0n) is 6.16. The van der Waals surface area contributed by atoms with Gasteiger partial charge in [-0.25, -0.2) is 0 Å². The molecule has 0 atom stereocenters. The van der Waals surface area contributed by atoms with E-state index >= 15 is 0 Å². The molecule has 0 saturated carbocycles. The van der Waals surface area contributed by atoms with Crippen LogP contribution in [0.25, 0.3) is 0 Å². The molecule has 13 heavy (non-hydrogen) atoms. The SMILES string of the molecule is F[B-](F)(F)F.[O-]n1ccccc1=S. The molecule has 0 aliphatic rings. The molecule has 2 nitrogen and oxygen atoms in total. The van der Waals surface area contributed by atoms with Crippen molar-refractivity contribution in [3.8, 4) is 0 Å². The molecule has 1 heterocycles. The van der Waals surface area contributed by atoms with Gasteiger partial charge in [0.15, 0.2) is 0 Å². The Balaban J connectivity index is 0.000000252. The average molecular weight is 213 g/mol. The summed E-state index contributed by atoms with van der Waals surface area (Å²) in [6, 6.07) is 4.96. The highest BCUT2D eigenvalue weighted by molar-refractivity contribution is 7.71. The van der Waals surface area contributed by atoms with Crippen LogP contribution in [-0.4, -0.2) is 12.0 Å². The van der Waals surface area contributed by atoms with Crippen LogP contribution in [0.4, 0.5) is 17.3 Å². The summed E-state index contributed by atoms with van der Waals surface area (Å²) in [7, 11) is -6.00. The fourth-order valence-corrected chi connectivity index (χ4v) is 0.552. The second kappa shape index (κ2) is 4.85. The van der Waals surface area contributed by atoms with E-state index in [0.29, 0.717) is 9.37 Å². The first-order valence-corrected chi connectivity index (χ1v) is 3.44. The van der Waals surface area contributed by atoms with Crippen molar-refractivity contribution in [2.75, 3.05) is 0 Å². The van der Waals surface area contributed by atoms with E-state index in [2.05, 4.69) is 12.2 Å². The Morgan fingerprint density at radius 3 is 1.92 bits per heavy atom. The highest BCUT2D eigenvalue weighted by atomic mass is 32.1. The number of hydrogen-bond donors (Lipinski definition) is 0. The monoisotopic (exact) mass is 213 g/mol. The number of aromatic nitrogens is 1. The molecule has 0 aliphatic heterocycles. The van der Waals surface area contributed by atoms with Gasteiger partial charge in [-0.15, -0.1) is 0 Å². The van der Waals surface area contributed by atoms with Crippen LogP contribution < -0.4 is 0 Å². The lowest BCUT2D eigenvalue weighted by Gasteiger charge is -2.06. The molecule has 0 aliphatic carbocycles. The number of halogens is 4. The van der Waals surface area contributed by atoms with Crippen molar-refractivity contribution in [2.45, 2.75) is 0 Å². The van der Waals surface area contributed by atoms with Crippen LogP contribution in [0.5, 0.6) is 0 Å². The van der Waals surface area contributed by atoms with E-state index in [1.54, 1.807) is 18.2 Å². The molecule has 0 N–H and O–H groups in total. The third-order valence-electron chi connectivity index (χ3n) is 0.789. The van der Waals surface area contributed by atoms with Crippen LogP contribution in [-0.2, 0) is 0 Å². The van der Waals surface area contributed by atoms with E-state index in [-0.39, 0.29) is 0 Å². The van der Waals surface area contributed by atoms with Gasteiger partial charge in [-0.1, -0.05) is 18.3 Å². The summed E-state index contributed by atoms with van der Waals surface area (Å²) >= 11 is 4.60. The van der Waals surface area contributed by atoms with Crippen molar-refractivity contribution in [2.24, 2.45) is 0 Å². The summed E-state index contributed by atoms with van der Waals surface area (Å²) < 4.78 is 40.0. The van der Waals surface area contributed by atoms with Crippen LogP contribution in [0, 0.1) is 9.85 Å². The number of hydrogen-bond acceptors (Lipinski definition) is 2. The van der Waals surface area contributed by atoms with E-state index < -0.39 is 7.25 Å². The van der Waals surface area contributed by atoms with Crippen molar-refractivity contribution in [3.63, 3.8) is 0 Å². The zero-order chi connectivity index (χ0) is 10.5. The topological polar surface area (TPSA) is 28.0 Å². The van der Waals surface area contributed by atoms with Gasteiger partial charge in [0.05, 0.1) is 0 Å². The minimum Gasteiger partial charge on any atom is -0.805 e. The molecule has 1 aromatic heterocycles. The molecular weight excluding hydrogens is 209 g/mol. The molecule has 74 valence electrons. The zero-order valence-corrected chi connectivity index (χ0v) is 6.98. The molecule has 0 radical (unpaired) electrons. The molecule has 0 fully saturated rings. The summed E-state index contributed by atoms with van der Waals surface area (Å²) in [4.78, 5) is 0. The Hall–Kier alpha value is -1.05. The Bertz CT molecular complexity index is 306. The van der Waals surface area contributed by atoms with E-state index in [1.807, 2.05) is 0 Å². The van der Waals surface area contributed by atoms with E-state index in [1.165, 1.54) is 6.20 Å². The van der Waals surface area contributed by atoms with Crippen molar-refractivity contribution >= 4 is 19.5 Å². The quantitative estimate of drug-likeness (QED) is 0.376. The van der Waals surface area contributed by atoms with E-state index in [0.717, 1.165) is 0 Å². The molecule has 0 aromatic carbocycles. The average Bonchev–Trinajstić information content (AvgIpc) is 1.92. The van der Waals surface area contributed by atoms with Gasteiger partial charge in [0.2, 0.25) is 0 Å². The van der Waals surface area contributed by atoms with Gasteiger partial charge >= 0.3 is 7.25 Å². The Labute approximate surface area is 76.5 Å². The summed E-state index contributed by atoms with van der Waals surface area (Å²) in [5.74, 6) is 0. The Morgan fingerprint density at radius 1 is 1.23 bits per heavy atom. The summed E-state index contributed by atoms with van der Waals surface area (Å²) in [6.45, 7) is 0. The molecule has 0 spiro atoms. The van der Waals surface area contributed by atoms with Gasteiger partial charge in [0.1, 0.15) is 4.64 Å². The summed E-state index contributed by atoms with van der Waals surface area (Å²) in [6.07, 6.45) is 1.38. The van der Waals surface area contributed by atoms with Crippen LogP contribution in [0.15, 0.2) is 24.4 Å². The standard InChI is InChI=1S/C5H4NOS.BF4/c7-6-4-2-1-3-5(6)8;2-1(3,4)5/h1-4H;/q2*-1. The Kier molecular flexibility index (Phi) is 4.46. The highest BCUT2D eigenvalue weighted by Gasteiger charge is 2.20. The fourth-order valence-electron chi connectivity index (χ4n) is 0.413. The lowest BCUT2D eigenvalue weighted by atomic mass is 10.3. The van der Waals surface area contributed by atoms with E-state index in [4.69, 9.17) is 0 Å². The predicted molar refractivity (Wildman–Crippen MR) is 44.2 cm³/mol. The Morgan fingerprint density at radius 2 is 1.69 bits per heavy atom. The van der Waals surface area contributed by atoms with E-state index in [9.17, 15) is 22.5 Å². The van der Waals surface area contributed by atoms with Crippen LogP contribution in [0.3, 0.4) is 0 Å². The van der Waals surface area contributed by atoms with Crippen molar-refractivity contribution in [1.82, 2.24) is 4.73 Å².